The fourth-order valence-electron chi connectivity index (χ4n) is 2.46. The van der Waals surface area contributed by atoms with Gasteiger partial charge >= 0.3 is 12.4 Å². The number of pyridine rings is 2. The van der Waals surface area contributed by atoms with Crippen molar-refractivity contribution in [1.29, 1.82) is 0 Å². The number of carbonyl (C=O) groups excluding carboxylic acids is 1. The van der Waals surface area contributed by atoms with Crippen LogP contribution in [-0.2, 0) is 12.4 Å². The summed E-state index contributed by atoms with van der Waals surface area (Å²) in [5.41, 5.74) is -2.37. The maximum absolute atomic E-state index is 13.0. The van der Waals surface area contributed by atoms with E-state index in [0.717, 1.165) is 10.5 Å². The van der Waals surface area contributed by atoms with Crippen LogP contribution in [0.4, 0.5) is 32.2 Å². The maximum atomic E-state index is 13.0. The smallest absolute Gasteiger partial charge is 0.305 e. The van der Waals surface area contributed by atoms with Crippen molar-refractivity contribution in [3.63, 3.8) is 0 Å². The Kier molecular flexibility index (Phi) is 4.74. The van der Waals surface area contributed by atoms with Gasteiger partial charge in [0.2, 0.25) is 0 Å². The Bertz CT molecular complexity index is 1060. The summed E-state index contributed by atoms with van der Waals surface area (Å²) < 4.78 is 77.6. The van der Waals surface area contributed by atoms with Gasteiger partial charge in [-0.05, 0) is 25.1 Å². The monoisotopic (exact) mass is 422 g/mol. The lowest BCUT2D eigenvalue weighted by Crippen LogP contribution is -2.17. The van der Waals surface area contributed by atoms with Gasteiger partial charge in [0.05, 0.1) is 21.8 Å². The van der Waals surface area contributed by atoms with Crippen LogP contribution in [0.5, 0.6) is 0 Å². The van der Waals surface area contributed by atoms with Gasteiger partial charge in [-0.2, -0.15) is 26.3 Å². The molecule has 0 radical (unpaired) electrons. The van der Waals surface area contributed by atoms with Gasteiger partial charge in [0.1, 0.15) is 11.5 Å². The van der Waals surface area contributed by atoms with Crippen LogP contribution in [0, 0.1) is 6.92 Å². The number of anilines is 1. The number of amides is 1. The zero-order valence-corrected chi connectivity index (χ0v) is 14.5. The van der Waals surface area contributed by atoms with Crippen molar-refractivity contribution >= 4 is 29.0 Å². The lowest BCUT2D eigenvalue weighted by molar-refractivity contribution is -0.138. The first-order valence-corrected chi connectivity index (χ1v) is 7.85. The fourth-order valence-corrected chi connectivity index (χ4v) is 2.71. The molecule has 3 rings (SSSR count). The van der Waals surface area contributed by atoms with E-state index in [0.29, 0.717) is 24.5 Å². The lowest BCUT2D eigenvalue weighted by atomic mass is 10.2. The van der Waals surface area contributed by atoms with Gasteiger partial charge in [-0.3, -0.25) is 9.20 Å². The molecule has 0 aliphatic rings. The highest BCUT2D eigenvalue weighted by atomic mass is 35.5. The lowest BCUT2D eigenvalue weighted by Gasteiger charge is -2.10. The van der Waals surface area contributed by atoms with E-state index in [1.165, 1.54) is 6.92 Å². The van der Waals surface area contributed by atoms with E-state index in [2.05, 4.69) is 15.3 Å². The summed E-state index contributed by atoms with van der Waals surface area (Å²) in [6.07, 6.45) is -8.12. The van der Waals surface area contributed by atoms with E-state index in [9.17, 15) is 31.1 Å². The van der Waals surface area contributed by atoms with Crippen LogP contribution in [0.1, 0.15) is 27.3 Å². The largest absolute Gasteiger partial charge is 0.417 e. The highest BCUT2D eigenvalue weighted by Crippen LogP contribution is 2.33. The molecule has 1 amide bonds. The number of imidazole rings is 1. The Balaban J connectivity index is 1.99. The average molecular weight is 423 g/mol. The number of aryl methyl sites for hydroxylation is 1. The zero-order valence-electron chi connectivity index (χ0n) is 13.8. The van der Waals surface area contributed by atoms with Crippen LogP contribution < -0.4 is 5.32 Å². The molecule has 0 aromatic carbocycles. The molecule has 3 heterocycles. The molecule has 0 aliphatic heterocycles. The highest BCUT2D eigenvalue weighted by Gasteiger charge is 2.33. The minimum absolute atomic E-state index is 0.0716. The van der Waals surface area contributed by atoms with Crippen LogP contribution in [0.25, 0.3) is 5.65 Å². The molecule has 148 valence electrons. The third kappa shape index (κ3) is 3.75. The third-order valence-electron chi connectivity index (χ3n) is 3.72. The van der Waals surface area contributed by atoms with Gasteiger partial charge in [-0.1, -0.05) is 11.6 Å². The molecule has 0 unspecified atom stereocenters. The summed E-state index contributed by atoms with van der Waals surface area (Å²) in [6, 6.07) is 2.32. The SMILES string of the molecule is Cc1nc2c(Cl)cc(C(F)(F)F)cn2c1C(=O)Nc1ccc(C(F)(F)F)cn1. The van der Waals surface area contributed by atoms with E-state index in [1.54, 1.807) is 0 Å². The summed E-state index contributed by atoms with van der Waals surface area (Å²) in [5, 5.41) is 1.92. The standard InChI is InChI=1S/C16H9ClF6N4O/c1-7-12(14(28)26-11-3-2-8(5-24-11)15(18,19)20)27-6-9(16(21,22)23)4-10(17)13(27)25-7/h2-6H,1H3,(H,24,26,28). The summed E-state index contributed by atoms with van der Waals surface area (Å²) >= 11 is 5.84. The number of hydrogen-bond acceptors (Lipinski definition) is 3. The Morgan fingerprint density at radius 2 is 1.75 bits per heavy atom. The molecule has 3 aromatic heterocycles. The maximum Gasteiger partial charge on any atom is 0.417 e. The molecular formula is C16H9ClF6N4O. The Morgan fingerprint density at radius 3 is 2.29 bits per heavy atom. The van der Waals surface area contributed by atoms with Crippen LogP contribution in [0.15, 0.2) is 30.6 Å². The van der Waals surface area contributed by atoms with Crippen molar-refractivity contribution in [3.05, 3.63) is 58.1 Å². The Labute approximate surface area is 158 Å². The van der Waals surface area contributed by atoms with E-state index < -0.39 is 29.4 Å². The molecule has 0 spiro atoms. The number of halogens is 7. The first-order chi connectivity index (χ1) is 12.9. The predicted molar refractivity (Wildman–Crippen MR) is 87.1 cm³/mol. The fraction of sp³-hybridized carbons (Fsp3) is 0.188. The van der Waals surface area contributed by atoms with E-state index in [4.69, 9.17) is 11.6 Å². The van der Waals surface area contributed by atoms with E-state index in [-0.39, 0.29) is 27.9 Å². The predicted octanol–water partition coefficient (Wildman–Crippen LogP) is 4.98. The summed E-state index contributed by atoms with van der Waals surface area (Å²) in [6.45, 7) is 1.38. The topological polar surface area (TPSA) is 59.3 Å². The van der Waals surface area contributed by atoms with Gasteiger partial charge in [0.25, 0.3) is 5.91 Å². The number of hydrogen-bond donors (Lipinski definition) is 1. The van der Waals surface area contributed by atoms with E-state index in [1.807, 2.05) is 0 Å². The van der Waals surface area contributed by atoms with Crippen molar-refractivity contribution < 1.29 is 31.1 Å². The van der Waals surface area contributed by atoms with Gasteiger partial charge < -0.3 is 5.32 Å². The van der Waals surface area contributed by atoms with Crippen molar-refractivity contribution in [3.8, 4) is 0 Å². The van der Waals surface area contributed by atoms with Crippen LogP contribution in [0.3, 0.4) is 0 Å². The van der Waals surface area contributed by atoms with Crippen molar-refractivity contribution in [1.82, 2.24) is 14.4 Å². The van der Waals surface area contributed by atoms with Crippen LogP contribution in [-0.4, -0.2) is 20.3 Å². The second-order valence-corrected chi connectivity index (χ2v) is 6.11. The van der Waals surface area contributed by atoms with Gasteiger partial charge in [-0.15, -0.1) is 0 Å². The number of fused-ring (bicyclic) bond motifs is 1. The quantitative estimate of drug-likeness (QED) is 0.592. The zero-order chi connectivity index (χ0) is 20.9. The average Bonchev–Trinajstić information content (AvgIpc) is 2.90. The minimum Gasteiger partial charge on any atom is -0.305 e. The normalized spacial score (nSPS) is 12.4. The molecule has 3 aromatic rings. The van der Waals surface area contributed by atoms with Crippen molar-refractivity contribution in [2.75, 3.05) is 5.32 Å². The molecule has 0 aliphatic carbocycles. The molecule has 0 fully saturated rings. The third-order valence-corrected chi connectivity index (χ3v) is 4.00. The molecule has 0 atom stereocenters. The number of aromatic nitrogens is 3. The first-order valence-electron chi connectivity index (χ1n) is 7.48. The number of rotatable bonds is 2. The molecule has 0 saturated carbocycles. The van der Waals surface area contributed by atoms with Crippen molar-refractivity contribution in [2.45, 2.75) is 19.3 Å². The molecule has 28 heavy (non-hydrogen) atoms. The molecular weight excluding hydrogens is 414 g/mol. The number of nitrogens with zero attached hydrogens (tertiary/aromatic N) is 3. The Morgan fingerprint density at radius 1 is 1.11 bits per heavy atom. The van der Waals surface area contributed by atoms with Crippen LogP contribution in [0.2, 0.25) is 5.02 Å². The van der Waals surface area contributed by atoms with Crippen molar-refractivity contribution in [2.24, 2.45) is 0 Å². The van der Waals surface area contributed by atoms with Gasteiger partial charge in [-0.25, -0.2) is 9.97 Å². The number of carbonyl (C=O) groups is 1. The summed E-state index contributed by atoms with van der Waals surface area (Å²) in [4.78, 5) is 20.0. The first kappa shape index (κ1) is 19.9. The van der Waals surface area contributed by atoms with Gasteiger partial charge in [0, 0.05) is 12.4 Å². The second kappa shape index (κ2) is 6.66. The molecule has 0 saturated heterocycles. The molecule has 1 N–H and O–H groups in total. The van der Waals surface area contributed by atoms with Crippen LogP contribution >= 0.6 is 11.6 Å². The summed E-state index contributed by atoms with van der Waals surface area (Å²) in [7, 11) is 0. The number of alkyl halides is 6. The molecule has 0 bridgehead atoms. The van der Waals surface area contributed by atoms with Gasteiger partial charge in [0.15, 0.2) is 5.65 Å². The van der Waals surface area contributed by atoms with E-state index >= 15 is 0 Å². The molecule has 12 heteroatoms. The second-order valence-electron chi connectivity index (χ2n) is 5.70. The molecule has 5 nitrogen and oxygen atoms in total. The number of nitrogens with one attached hydrogen (secondary N) is 1. The minimum atomic E-state index is -4.71. The summed E-state index contributed by atoms with van der Waals surface area (Å²) in [5.74, 6) is -1.13. The Hall–Kier alpha value is -2.82. The highest BCUT2D eigenvalue weighted by molar-refractivity contribution is 6.33.